The van der Waals surface area contributed by atoms with Gasteiger partial charge in [-0.05, 0) is 18.4 Å². The van der Waals surface area contributed by atoms with E-state index < -0.39 is 42.4 Å². The van der Waals surface area contributed by atoms with Crippen LogP contribution in [0.3, 0.4) is 0 Å². The Morgan fingerprint density at radius 3 is 2.21 bits per heavy atom. The van der Waals surface area contributed by atoms with Crippen LogP contribution in [0.4, 0.5) is 4.79 Å². The lowest BCUT2D eigenvalue weighted by molar-refractivity contribution is -0.150. The molecule has 0 aliphatic carbocycles. The Kier molecular flexibility index (Phi) is 9.49. The highest BCUT2D eigenvalue weighted by Gasteiger charge is 2.30. The van der Waals surface area contributed by atoms with Gasteiger partial charge in [0.1, 0.15) is 18.7 Å². The first-order chi connectivity index (χ1) is 13.2. The van der Waals surface area contributed by atoms with Gasteiger partial charge in [-0.15, -0.1) is 0 Å². The van der Waals surface area contributed by atoms with Crippen molar-refractivity contribution >= 4 is 23.9 Å². The van der Waals surface area contributed by atoms with Crippen LogP contribution in [0.25, 0.3) is 0 Å². The molecule has 0 unspecified atom stereocenters. The lowest BCUT2D eigenvalue weighted by Crippen LogP contribution is -2.54. The molecule has 1 rings (SSSR count). The molecule has 0 bridgehead atoms. The van der Waals surface area contributed by atoms with E-state index in [1.165, 1.54) is 0 Å². The summed E-state index contributed by atoms with van der Waals surface area (Å²) in [4.78, 5) is 47.3. The molecule has 0 heterocycles. The number of esters is 1. The number of amides is 2. The topological polar surface area (TPSA) is 131 Å². The summed E-state index contributed by atoms with van der Waals surface area (Å²) in [6.07, 6.45) is -1.33. The van der Waals surface area contributed by atoms with Gasteiger partial charge in [0.05, 0.1) is 13.0 Å². The number of carbonyl (C=O) groups is 4. The number of aliphatic carboxylic acids is 1. The van der Waals surface area contributed by atoms with Gasteiger partial charge in [0, 0.05) is 0 Å². The predicted molar refractivity (Wildman–Crippen MR) is 99.2 cm³/mol. The first kappa shape index (κ1) is 22.9. The zero-order chi connectivity index (χ0) is 21.1. The second kappa shape index (κ2) is 11.6. The number of hydrogen-bond acceptors (Lipinski definition) is 6. The molecule has 9 nitrogen and oxygen atoms in total. The number of carboxylic acid groups (broad SMARTS) is 1. The third kappa shape index (κ3) is 8.07. The van der Waals surface area contributed by atoms with E-state index in [2.05, 4.69) is 10.6 Å². The molecule has 2 amide bonds. The number of hydrogen-bond donors (Lipinski definition) is 3. The van der Waals surface area contributed by atoms with Crippen LogP contribution in [-0.4, -0.2) is 47.7 Å². The fourth-order valence-corrected chi connectivity index (χ4v) is 2.27. The van der Waals surface area contributed by atoms with Crippen LogP contribution in [0.15, 0.2) is 30.3 Å². The van der Waals surface area contributed by atoms with Crippen LogP contribution in [-0.2, 0) is 30.5 Å². The average Bonchev–Trinajstić information content (AvgIpc) is 2.64. The third-order valence-corrected chi connectivity index (χ3v) is 3.73. The summed E-state index contributed by atoms with van der Waals surface area (Å²) >= 11 is 0. The molecule has 0 fully saturated rings. The highest BCUT2D eigenvalue weighted by atomic mass is 16.5. The predicted octanol–water partition coefficient (Wildman–Crippen LogP) is 1.46. The van der Waals surface area contributed by atoms with Crippen LogP contribution >= 0.6 is 0 Å². The number of nitrogens with one attached hydrogen (secondary N) is 2. The standard InChI is InChI=1S/C19H26N2O7/c1-4-27-15(22)10-14(18(24)25)20-17(23)16(12(2)3)21-19(26)28-11-13-8-6-5-7-9-13/h5-9,12,14,16H,4,10-11H2,1-3H3,(H,20,23)(H,21,26)(H,24,25)/t14-,16+/m1/s1. The van der Waals surface area contributed by atoms with Gasteiger partial charge in [0.25, 0.3) is 0 Å². The molecule has 0 aromatic heterocycles. The van der Waals surface area contributed by atoms with Crippen molar-refractivity contribution in [3.63, 3.8) is 0 Å². The smallest absolute Gasteiger partial charge is 0.408 e. The van der Waals surface area contributed by atoms with E-state index in [9.17, 15) is 24.3 Å². The molecule has 9 heteroatoms. The summed E-state index contributed by atoms with van der Waals surface area (Å²) in [5.74, 6) is -3.20. The molecule has 1 aromatic rings. The lowest BCUT2D eigenvalue weighted by Gasteiger charge is -2.23. The number of carboxylic acids is 1. The summed E-state index contributed by atoms with van der Waals surface area (Å²) in [5.41, 5.74) is 0.781. The molecular weight excluding hydrogens is 368 g/mol. The monoisotopic (exact) mass is 394 g/mol. The largest absolute Gasteiger partial charge is 0.480 e. The maximum absolute atomic E-state index is 12.5. The van der Waals surface area contributed by atoms with E-state index in [-0.39, 0.29) is 19.1 Å². The summed E-state index contributed by atoms with van der Waals surface area (Å²) in [6.45, 7) is 5.08. The molecule has 3 N–H and O–H groups in total. The molecular formula is C19H26N2O7. The highest BCUT2D eigenvalue weighted by molar-refractivity contribution is 5.91. The Bertz CT molecular complexity index is 676. The molecule has 0 saturated carbocycles. The second-order valence-corrected chi connectivity index (χ2v) is 6.34. The number of rotatable bonds is 10. The Hall–Kier alpha value is -3.10. The zero-order valence-corrected chi connectivity index (χ0v) is 16.1. The van der Waals surface area contributed by atoms with Crippen molar-refractivity contribution < 1.29 is 33.8 Å². The Morgan fingerprint density at radius 1 is 1.04 bits per heavy atom. The maximum atomic E-state index is 12.5. The Labute approximate surface area is 163 Å². The quantitative estimate of drug-likeness (QED) is 0.512. The van der Waals surface area contributed by atoms with Crippen molar-refractivity contribution in [3.8, 4) is 0 Å². The summed E-state index contributed by atoms with van der Waals surface area (Å²) in [7, 11) is 0. The van der Waals surface area contributed by atoms with E-state index in [0.29, 0.717) is 0 Å². The molecule has 0 aliphatic rings. The van der Waals surface area contributed by atoms with Crippen molar-refractivity contribution in [1.82, 2.24) is 10.6 Å². The minimum absolute atomic E-state index is 0.0275. The molecule has 2 atom stereocenters. The van der Waals surface area contributed by atoms with Gasteiger partial charge in [-0.25, -0.2) is 9.59 Å². The number of carbonyl (C=O) groups excluding carboxylic acids is 3. The minimum Gasteiger partial charge on any atom is -0.480 e. The van der Waals surface area contributed by atoms with E-state index in [1.807, 2.05) is 6.07 Å². The number of alkyl carbamates (subject to hydrolysis) is 1. The van der Waals surface area contributed by atoms with E-state index in [1.54, 1.807) is 45.0 Å². The number of benzene rings is 1. The second-order valence-electron chi connectivity index (χ2n) is 6.34. The van der Waals surface area contributed by atoms with Gasteiger partial charge < -0.3 is 25.2 Å². The van der Waals surface area contributed by atoms with Crippen LogP contribution in [0.2, 0.25) is 0 Å². The van der Waals surface area contributed by atoms with Crippen molar-refractivity contribution in [2.75, 3.05) is 6.61 Å². The first-order valence-corrected chi connectivity index (χ1v) is 8.90. The number of ether oxygens (including phenoxy) is 2. The lowest BCUT2D eigenvalue weighted by atomic mass is 10.0. The van der Waals surface area contributed by atoms with Crippen molar-refractivity contribution in [2.45, 2.75) is 45.9 Å². The molecule has 0 aliphatic heterocycles. The molecule has 154 valence electrons. The van der Waals surface area contributed by atoms with Gasteiger partial charge in [0.15, 0.2) is 0 Å². The molecule has 0 radical (unpaired) electrons. The Balaban J connectivity index is 2.66. The van der Waals surface area contributed by atoms with Gasteiger partial charge in [-0.3, -0.25) is 9.59 Å². The molecule has 1 aromatic carbocycles. The Morgan fingerprint density at radius 2 is 1.68 bits per heavy atom. The van der Waals surface area contributed by atoms with Crippen molar-refractivity contribution in [1.29, 1.82) is 0 Å². The van der Waals surface area contributed by atoms with Crippen LogP contribution < -0.4 is 10.6 Å². The summed E-state index contributed by atoms with van der Waals surface area (Å²) < 4.78 is 9.79. The van der Waals surface area contributed by atoms with Crippen molar-refractivity contribution in [3.05, 3.63) is 35.9 Å². The van der Waals surface area contributed by atoms with Gasteiger partial charge in [-0.2, -0.15) is 0 Å². The van der Waals surface area contributed by atoms with Gasteiger partial charge >= 0.3 is 18.0 Å². The summed E-state index contributed by atoms with van der Waals surface area (Å²) in [5, 5.41) is 13.9. The fraction of sp³-hybridized carbons (Fsp3) is 0.474. The normalized spacial score (nSPS) is 12.6. The zero-order valence-electron chi connectivity index (χ0n) is 16.1. The van der Waals surface area contributed by atoms with E-state index >= 15 is 0 Å². The maximum Gasteiger partial charge on any atom is 0.408 e. The van der Waals surface area contributed by atoms with Gasteiger partial charge in [-0.1, -0.05) is 44.2 Å². The first-order valence-electron chi connectivity index (χ1n) is 8.90. The van der Waals surface area contributed by atoms with E-state index in [4.69, 9.17) is 9.47 Å². The van der Waals surface area contributed by atoms with Gasteiger partial charge in [0.2, 0.25) is 5.91 Å². The summed E-state index contributed by atoms with van der Waals surface area (Å²) in [6, 6.07) is 6.51. The molecule has 0 saturated heterocycles. The highest BCUT2D eigenvalue weighted by Crippen LogP contribution is 2.06. The minimum atomic E-state index is -1.46. The average molecular weight is 394 g/mol. The van der Waals surface area contributed by atoms with Crippen LogP contribution in [0.5, 0.6) is 0 Å². The molecule has 0 spiro atoms. The molecule has 28 heavy (non-hydrogen) atoms. The SMILES string of the molecule is CCOC(=O)C[C@@H](NC(=O)[C@@H](NC(=O)OCc1ccccc1)C(C)C)C(=O)O. The van der Waals surface area contributed by atoms with Crippen molar-refractivity contribution in [2.24, 2.45) is 5.92 Å². The van der Waals surface area contributed by atoms with Crippen LogP contribution in [0.1, 0.15) is 32.8 Å². The van der Waals surface area contributed by atoms with E-state index in [0.717, 1.165) is 5.56 Å². The third-order valence-electron chi connectivity index (χ3n) is 3.73. The van der Waals surface area contributed by atoms with Crippen LogP contribution in [0, 0.1) is 5.92 Å². The fourth-order valence-electron chi connectivity index (χ4n) is 2.27.